The number of rotatable bonds is 5. The summed E-state index contributed by atoms with van der Waals surface area (Å²) in [5, 5.41) is 9.33. The topological polar surface area (TPSA) is 59.0 Å². The molecule has 0 spiro atoms. The van der Waals surface area contributed by atoms with Crippen LogP contribution in [0.3, 0.4) is 0 Å². The summed E-state index contributed by atoms with van der Waals surface area (Å²) in [7, 11) is 0. The zero-order valence-corrected chi connectivity index (χ0v) is 13.9. The highest BCUT2D eigenvalue weighted by Crippen LogP contribution is 2.42. The van der Waals surface area contributed by atoms with Gasteiger partial charge in [0.15, 0.2) is 5.69 Å². The normalized spacial score (nSPS) is 14.4. The Morgan fingerprint density at radius 2 is 2.08 bits per heavy atom. The quantitative estimate of drug-likeness (QED) is 0.824. The lowest BCUT2D eigenvalue weighted by atomic mass is 10.2. The van der Waals surface area contributed by atoms with Gasteiger partial charge in [-0.2, -0.15) is 18.3 Å². The molecule has 9 heteroatoms. The van der Waals surface area contributed by atoms with E-state index < -0.39 is 17.9 Å². The lowest BCUT2D eigenvalue weighted by Gasteiger charge is -2.10. The summed E-state index contributed by atoms with van der Waals surface area (Å²) in [6, 6.07) is 7.29. The first-order valence-electron chi connectivity index (χ1n) is 7.78. The number of urea groups is 1. The van der Waals surface area contributed by atoms with Crippen LogP contribution in [0.4, 0.5) is 23.7 Å². The van der Waals surface area contributed by atoms with E-state index in [1.54, 1.807) is 24.3 Å². The molecule has 3 rings (SSSR count). The molecule has 1 heterocycles. The second kappa shape index (κ2) is 6.95. The fourth-order valence-corrected chi connectivity index (χ4v) is 2.66. The molecule has 25 heavy (non-hydrogen) atoms. The molecule has 0 saturated heterocycles. The summed E-state index contributed by atoms with van der Waals surface area (Å²) in [5.74, 6) is 0.129. The Balaban J connectivity index is 1.56. The van der Waals surface area contributed by atoms with Gasteiger partial charge >= 0.3 is 12.2 Å². The summed E-state index contributed by atoms with van der Waals surface area (Å²) in [6.45, 7) is 0.329. The van der Waals surface area contributed by atoms with Crippen LogP contribution in [0.25, 0.3) is 0 Å². The van der Waals surface area contributed by atoms with E-state index >= 15 is 0 Å². The average Bonchev–Trinajstić information content (AvgIpc) is 3.26. The number of anilines is 1. The van der Waals surface area contributed by atoms with Crippen LogP contribution in [0.2, 0.25) is 5.02 Å². The maximum absolute atomic E-state index is 12.8. The third-order valence-electron chi connectivity index (χ3n) is 3.79. The Labute approximate surface area is 147 Å². The highest BCUT2D eigenvalue weighted by atomic mass is 35.5. The van der Waals surface area contributed by atoms with E-state index in [1.165, 1.54) is 4.68 Å². The Morgan fingerprint density at radius 1 is 1.32 bits per heavy atom. The van der Waals surface area contributed by atoms with Gasteiger partial charge in [0.2, 0.25) is 0 Å². The van der Waals surface area contributed by atoms with Gasteiger partial charge in [-0.25, -0.2) is 4.79 Å². The predicted octanol–water partition coefficient (Wildman–Crippen LogP) is 4.25. The minimum Gasteiger partial charge on any atom is -0.336 e. The van der Waals surface area contributed by atoms with Crippen LogP contribution < -0.4 is 10.6 Å². The number of halogens is 4. The number of amides is 2. The van der Waals surface area contributed by atoms with Crippen molar-refractivity contribution >= 4 is 23.3 Å². The minimum absolute atomic E-state index is 0.129. The first-order chi connectivity index (χ1) is 11.8. The zero-order valence-electron chi connectivity index (χ0n) is 13.1. The highest BCUT2D eigenvalue weighted by Gasteiger charge is 2.37. The Kier molecular flexibility index (Phi) is 4.89. The highest BCUT2D eigenvalue weighted by molar-refractivity contribution is 6.30. The molecule has 1 aromatic heterocycles. The molecule has 0 atom stereocenters. The van der Waals surface area contributed by atoms with Crippen LogP contribution in [0, 0.1) is 0 Å². The number of carbonyl (C=O) groups is 1. The van der Waals surface area contributed by atoms with E-state index in [4.69, 9.17) is 11.6 Å². The summed E-state index contributed by atoms with van der Waals surface area (Å²) < 4.78 is 39.8. The fourth-order valence-electron chi connectivity index (χ4n) is 2.47. The van der Waals surface area contributed by atoms with Crippen molar-refractivity contribution in [3.63, 3.8) is 0 Å². The van der Waals surface area contributed by atoms with E-state index in [0.717, 1.165) is 18.9 Å². The Hall–Kier alpha value is -2.22. The molecule has 0 bridgehead atoms. The van der Waals surface area contributed by atoms with Crippen molar-refractivity contribution in [2.24, 2.45) is 0 Å². The van der Waals surface area contributed by atoms with Crippen LogP contribution >= 0.6 is 11.6 Å². The number of benzene rings is 1. The number of hydrogen-bond donors (Lipinski definition) is 2. The van der Waals surface area contributed by atoms with Crippen molar-refractivity contribution < 1.29 is 18.0 Å². The maximum atomic E-state index is 12.8. The molecule has 134 valence electrons. The number of alkyl halides is 3. The van der Waals surface area contributed by atoms with E-state index in [0.29, 0.717) is 16.4 Å². The molecule has 1 aliphatic rings. The molecule has 1 aliphatic carbocycles. The van der Waals surface area contributed by atoms with Crippen LogP contribution in [0.1, 0.15) is 30.1 Å². The fraction of sp³-hybridized carbons (Fsp3) is 0.375. The number of nitrogens with zero attached hydrogens (tertiary/aromatic N) is 2. The summed E-state index contributed by atoms with van der Waals surface area (Å²) >= 11 is 5.83. The van der Waals surface area contributed by atoms with Crippen LogP contribution in [0.15, 0.2) is 30.3 Å². The molecule has 0 radical (unpaired) electrons. The first kappa shape index (κ1) is 17.6. The molecular weight excluding hydrogens is 357 g/mol. The first-order valence-corrected chi connectivity index (χ1v) is 8.16. The molecule has 1 aromatic carbocycles. The number of nitrogens with one attached hydrogen (secondary N) is 2. The summed E-state index contributed by atoms with van der Waals surface area (Å²) in [5.41, 5.74) is 0.212. The van der Waals surface area contributed by atoms with Crippen molar-refractivity contribution in [3.8, 4) is 0 Å². The van der Waals surface area contributed by atoms with Gasteiger partial charge in [-0.15, -0.1) is 0 Å². The van der Waals surface area contributed by atoms with E-state index in [2.05, 4.69) is 15.7 Å². The van der Waals surface area contributed by atoms with Gasteiger partial charge in [-0.3, -0.25) is 4.68 Å². The molecule has 5 nitrogen and oxygen atoms in total. The molecule has 1 fully saturated rings. The summed E-state index contributed by atoms with van der Waals surface area (Å²) in [4.78, 5) is 11.8. The third-order valence-corrected chi connectivity index (χ3v) is 4.02. The van der Waals surface area contributed by atoms with E-state index in [-0.39, 0.29) is 19.0 Å². The molecule has 1 saturated carbocycles. The Morgan fingerprint density at radius 3 is 2.72 bits per heavy atom. The van der Waals surface area contributed by atoms with Gasteiger partial charge in [0.25, 0.3) is 0 Å². The van der Waals surface area contributed by atoms with E-state index in [9.17, 15) is 18.0 Å². The SMILES string of the molecule is O=C(NCCn1nc(C(F)(F)F)cc1C1CC1)Nc1cccc(Cl)c1. The molecule has 2 N–H and O–H groups in total. The number of hydrogen-bond acceptors (Lipinski definition) is 2. The molecule has 2 amide bonds. The number of aromatic nitrogens is 2. The predicted molar refractivity (Wildman–Crippen MR) is 87.7 cm³/mol. The van der Waals surface area contributed by atoms with Crippen molar-refractivity contribution in [2.45, 2.75) is 31.5 Å². The molecule has 0 aliphatic heterocycles. The van der Waals surface area contributed by atoms with Crippen molar-refractivity contribution in [1.82, 2.24) is 15.1 Å². The van der Waals surface area contributed by atoms with Crippen LogP contribution in [-0.4, -0.2) is 22.4 Å². The largest absolute Gasteiger partial charge is 0.435 e. The molecule has 0 unspecified atom stereocenters. The Bertz CT molecular complexity index is 771. The second-order valence-corrected chi connectivity index (χ2v) is 6.28. The van der Waals surface area contributed by atoms with Crippen molar-refractivity contribution in [1.29, 1.82) is 0 Å². The van der Waals surface area contributed by atoms with Gasteiger partial charge in [0.1, 0.15) is 0 Å². The van der Waals surface area contributed by atoms with Crippen LogP contribution in [-0.2, 0) is 12.7 Å². The van der Waals surface area contributed by atoms with Crippen LogP contribution in [0.5, 0.6) is 0 Å². The third kappa shape index (κ3) is 4.66. The van der Waals surface area contributed by atoms with Gasteiger partial charge in [0.05, 0.1) is 6.54 Å². The lowest BCUT2D eigenvalue weighted by molar-refractivity contribution is -0.141. The van der Waals surface area contributed by atoms with Gasteiger partial charge < -0.3 is 10.6 Å². The van der Waals surface area contributed by atoms with Gasteiger partial charge in [-0.05, 0) is 37.1 Å². The van der Waals surface area contributed by atoms with Gasteiger partial charge in [-0.1, -0.05) is 17.7 Å². The zero-order chi connectivity index (χ0) is 18.0. The monoisotopic (exact) mass is 372 g/mol. The minimum atomic E-state index is -4.47. The average molecular weight is 373 g/mol. The number of carbonyl (C=O) groups excluding carboxylic acids is 1. The van der Waals surface area contributed by atoms with Gasteiger partial charge in [0, 0.05) is 28.9 Å². The summed E-state index contributed by atoms with van der Waals surface area (Å²) in [6.07, 6.45) is -2.73. The smallest absolute Gasteiger partial charge is 0.336 e. The molecule has 2 aromatic rings. The lowest BCUT2D eigenvalue weighted by Crippen LogP contribution is -2.32. The standard InChI is InChI=1S/C16H16ClF3N4O/c17-11-2-1-3-12(8-11)22-15(25)21-6-7-24-13(10-4-5-10)9-14(23-24)16(18,19)20/h1-3,8-10H,4-7H2,(H2,21,22,25). The second-order valence-electron chi connectivity index (χ2n) is 5.84. The molecular formula is C16H16ClF3N4O. The maximum Gasteiger partial charge on any atom is 0.435 e. The van der Waals surface area contributed by atoms with Crippen molar-refractivity contribution in [2.75, 3.05) is 11.9 Å². The van der Waals surface area contributed by atoms with E-state index in [1.807, 2.05) is 0 Å². The van der Waals surface area contributed by atoms with Crippen molar-refractivity contribution in [3.05, 3.63) is 46.7 Å².